The van der Waals surface area contributed by atoms with Crippen molar-refractivity contribution >= 4 is 5.91 Å². The summed E-state index contributed by atoms with van der Waals surface area (Å²) < 4.78 is 0. The largest absolute Gasteiger partial charge is 0.396 e. The summed E-state index contributed by atoms with van der Waals surface area (Å²) in [7, 11) is 1.64. The van der Waals surface area contributed by atoms with Gasteiger partial charge >= 0.3 is 0 Å². The van der Waals surface area contributed by atoms with Gasteiger partial charge in [-0.1, -0.05) is 6.92 Å². The summed E-state index contributed by atoms with van der Waals surface area (Å²) in [5.41, 5.74) is 0. The van der Waals surface area contributed by atoms with E-state index in [1.807, 2.05) is 6.92 Å². The lowest BCUT2D eigenvalue weighted by Gasteiger charge is -2.07. The highest BCUT2D eigenvalue weighted by Crippen LogP contribution is 2.02. The molecule has 0 aliphatic carbocycles. The van der Waals surface area contributed by atoms with Crippen molar-refractivity contribution in [3.8, 4) is 0 Å². The lowest BCUT2D eigenvalue weighted by atomic mass is 10.1. The van der Waals surface area contributed by atoms with Crippen LogP contribution in [0.25, 0.3) is 0 Å². The number of hydrogen-bond donors (Lipinski definition) is 3. The average molecular weight is 202 g/mol. The van der Waals surface area contributed by atoms with Gasteiger partial charge in [-0.25, -0.2) is 0 Å². The van der Waals surface area contributed by atoms with Crippen LogP contribution in [0.3, 0.4) is 0 Å². The number of rotatable bonds is 8. The summed E-state index contributed by atoms with van der Waals surface area (Å²) in [5.74, 6) is 0.456. The molecule has 0 aromatic carbocycles. The van der Waals surface area contributed by atoms with Crippen LogP contribution in [0.15, 0.2) is 0 Å². The van der Waals surface area contributed by atoms with Crippen LogP contribution in [0.5, 0.6) is 0 Å². The van der Waals surface area contributed by atoms with E-state index >= 15 is 0 Å². The van der Waals surface area contributed by atoms with Gasteiger partial charge in [0.2, 0.25) is 5.91 Å². The molecule has 0 aromatic heterocycles. The topological polar surface area (TPSA) is 61.4 Å². The van der Waals surface area contributed by atoms with Crippen molar-refractivity contribution in [2.45, 2.75) is 26.2 Å². The summed E-state index contributed by atoms with van der Waals surface area (Å²) >= 11 is 0. The maximum atomic E-state index is 10.8. The van der Waals surface area contributed by atoms with Gasteiger partial charge in [-0.3, -0.25) is 4.79 Å². The Morgan fingerprint density at radius 1 is 1.43 bits per heavy atom. The number of amides is 1. The van der Waals surface area contributed by atoms with Gasteiger partial charge in [0.1, 0.15) is 0 Å². The fraction of sp³-hybridized carbons (Fsp3) is 0.900. The molecule has 0 aromatic rings. The highest BCUT2D eigenvalue weighted by atomic mass is 16.3. The monoisotopic (exact) mass is 202 g/mol. The Morgan fingerprint density at radius 3 is 2.71 bits per heavy atom. The van der Waals surface area contributed by atoms with Gasteiger partial charge in [-0.15, -0.1) is 0 Å². The van der Waals surface area contributed by atoms with Crippen LogP contribution in [-0.4, -0.2) is 37.8 Å². The molecule has 0 saturated carbocycles. The lowest BCUT2D eigenvalue weighted by molar-refractivity contribution is -0.120. The van der Waals surface area contributed by atoms with Crippen molar-refractivity contribution < 1.29 is 9.90 Å². The first-order valence-electron chi connectivity index (χ1n) is 5.22. The van der Waals surface area contributed by atoms with E-state index in [9.17, 15) is 4.79 Å². The van der Waals surface area contributed by atoms with Crippen LogP contribution in [0.1, 0.15) is 26.2 Å². The Kier molecular flexibility index (Phi) is 8.57. The molecule has 0 fully saturated rings. The fourth-order valence-corrected chi connectivity index (χ4v) is 1.12. The molecule has 0 aliphatic heterocycles. The Labute approximate surface area is 86.1 Å². The second-order valence-electron chi connectivity index (χ2n) is 3.60. The minimum atomic E-state index is 0.0706. The Hall–Kier alpha value is -0.610. The van der Waals surface area contributed by atoms with Gasteiger partial charge in [0, 0.05) is 26.6 Å². The van der Waals surface area contributed by atoms with Crippen molar-refractivity contribution in [2.75, 3.05) is 26.7 Å². The second-order valence-corrected chi connectivity index (χ2v) is 3.60. The van der Waals surface area contributed by atoms with Gasteiger partial charge in [0.15, 0.2) is 0 Å². The number of aliphatic hydroxyl groups excluding tert-OH is 1. The number of carbonyl (C=O) groups excluding carboxylic acids is 1. The zero-order valence-electron chi connectivity index (χ0n) is 9.18. The fourth-order valence-electron chi connectivity index (χ4n) is 1.12. The molecule has 84 valence electrons. The molecule has 0 aliphatic rings. The number of aliphatic hydroxyl groups is 1. The van der Waals surface area contributed by atoms with Crippen molar-refractivity contribution in [3.63, 3.8) is 0 Å². The third kappa shape index (κ3) is 8.01. The maximum absolute atomic E-state index is 10.8. The normalized spacial score (nSPS) is 12.5. The molecule has 3 N–H and O–H groups in total. The van der Waals surface area contributed by atoms with E-state index in [2.05, 4.69) is 10.6 Å². The first kappa shape index (κ1) is 13.4. The summed E-state index contributed by atoms with van der Waals surface area (Å²) in [5, 5.41) is 14.5. The average Bonchev–Trinajstić information content (AvgIpc) is 2.22. The lowest BCUT2D eigenvalue weighted by Crippen LogP contribution is -2.25. The Bertz CT molecular complexity index is 151. The van der Waals surface area contributed by atoms with Gasteiger partial charge in [0.25, 0.3) is 0 Å². The number of hydrogen-bond acceptors (Lipinski definition) is 3. The molecule has 1 amide bonds. The van der Waals surface area contributed by atoms with Gasteiger partial charge in [-0.05, 0) is 25.3 Å². The van der Waals surface area contributed by atoms with Crippen LogP contribution in [-0.2, 0) is 4.79 Å². The standard InChI is InChI=1S/C10H22N2O2/c1-9(8-13)4-3-6-12-7-5-10(14)11-2/h9,12-13H,3-8H2,1-2H3,(H,11,14). The molecule has 4 heteroatoms. The molecule has 14 heavy (non-hydrogen) atoms. The first-order valence-corrected chi connectivity index (χ1v) is 5.22. The second kappa shape index (κ2) is 8.97. The molecule has 0 radical (unpaired) electrons. The number of carbonyl (C=O) groups is 1. The van der Waals surface area contributed by atoms with Crippen molar-refractivity contribution in [2.24, 2.45) is 5.92 Å². The van der Waals surface area contributed by atoms with Crippen LogP contribution in [0.2, 0.25) is 0 Å². The van der Waals surface area contributed by atoms with Gasteiger partial charge in [-0.2, -0.15) is 0 Å². The van der Waals surface area contributed by atoms with E-state index < -0.39 is 0 Å². The molecule has 0 rings (SSSR count). The van der Waals surface area contributed by atoms with Crippen molar-refractivity contribution in [1.29, 1.82) is 0 Å². The Morgan fingerprint density at radius 2 is 2.14 bits per heavy atom. The van der Waals surface area contributed by atoms with E-state index in [1.54, 1.807) is 7.05 Å². The predicted octanol–water partition coefficient (Wildman–Crippen LogP) is 0.121. The summed E-state index contributed by atoms with van der Waals surface area (Å²) in [6.45, 7) is 3.94. The van der Waals surface area contributed by atoms with Crippen LogP contribution in [0, 0.1) is 5.92 Å². The van der Waals surface area contributed by atoms with E-state index in [0.717, 1.165) is 25.9 Å². The van der Waals surface area contributed by atoms with E-state index in [-0.39, 0.29) is 12.5 Å². The van der Waals surface area contributed by atoms with Gasteiger partial charge < -0.3 is 15.7 Å². The molecule has 0 saturated heterocycles. The summed E-state index contributed by atoms with van der Waals surface area (Å²) in [6.07, 6.45) is 2.62. The van der Waals surface area contributed by atoms with Crippen molar-refractivity contribution in [3.05, 3.63) is 0 Å². The highest BCUT2D eigenvalue weighted by Gasteiger charge is 1.99. The van der Waals surface area contributed by atoms with Crippen LogP contribution < -0.4 is 10.6 Å². The Balaban J connectivity index is 3.10. The molecular formula is C10H22N2O2. The highest BCUT2D eigenvalue weighted by molar-refractivity contribution is 5.75. The molecule has 1 atom stereocenters. The van der Waals surface area contributed by atoms with E-state index in [1.165, 1.54) is 0 Å². The minimum Gasteiger partial charge on any atom is -0.396 e. The van der Waals surface area contributed by atoms with Gasteiger partial charge in [0.05, 0.1) is 0 Å². The third-order valence-corrected chi connectivity index (χ3v) is 2.17. The predicted molar refractivity (Wildman–Crippen MR) is 57.0 cm³/mol. The summed E-state index contributed by atoms with van der Waals surface area (Å²) in [4.78, 5) is 10.8. The quantitative estimate of drug-likeness (QED) is 0.490. The molecule has 4 nitrogen and oxygen atoms in total. The van der Waals surface area contributed by atoms with Crippen LogP contribution in [0.4, 0.5) is 0 Å². The van der Waals surface area contributed by atoms with E-state index in [4.69, 9.17) is 5.11 Å². The molecule has 0 bridgehead atoms. The molecular weight excluding hydrogens is 180 g/mol. The molecule has 0 heterocycles. The summed E-state index contributed by atoms with van der Waals surface area (Å²) in [6, 6.07) is 0. The minimum absolute atomic E-state index is 0.0706. The first-order chi connectivity index (χ1) is 6.70. The maximum Gasteiger partial charge on any atom is 0.221 e. The smallest absolute Gasteiger partial charge is 0.221 e. The SMILES string of the molecule is CNC(=O)CCNCCCC(C)CO. The van der Waals surface area contributed by atoms with E-state index in [0.29, 0.717) is 12.3 Å². The number of nitrogens with one attached hydrogen (secondary N) is 2. The molecule has 0 spiro atoms. The zero-order valence-corrected chi connectivity index (χ0v) is 9.18. The molecule has 1 unspecified atom stereocenters. The van der Waals surface area contributed by atoms with Crippen LogP contribution >= 0.6 is 0 Å². The zero-order chi connectivity index (χ0) is 10.8. The van der Waals surface area contributed by atoms with Crippen molar-refractivity contribution in [1.82, 2.24) is 10.6 Å². The third-order valence-electron chi connectivity index (χ3n) is 2.17.